The van der Waals surface area contributed by atoms with Gasteiger partial charge < -0.3 is 29.5 Å². The summed E-state index contributed by atoms with van der Waals surface area (Å²) in [7, 11) is -4.02. The van der Waals surface area contributed by atoms with Crippen LogP contribution in [0.15, 0.2) is 36.5 Å². The lowest BCUT2D eigenvalue weighted by atomic mass is 9.86. The lowest BCUT2D eigenvalue weighted by Gasteiger charge is -2.40. The lowest BCUT2D eigenvalue weighted by molar-refractivity contribution is -0.145. The zero-order chi connectivity index (χ0) is 40.7. The maximum absolute atomic E-state index is 15.3. The van der Waals surface area contributed by atoms with Crippen LogP contribution in [0.2, 0.25) is 0 Å². The van der Waals surface area contributed by atoms with E-state index in [1.807, 2.05) is 25.1 Å². The summed E-state index contributed by atoms with van der Waals surface area (Å²) in [6.07, 6.45) is 9.11. The van der Waals surface area contributed by atoms with Crippen molar-refractivity contribution in [3.63, 3.8) is 0 Å². The van der Waals surface area contributed by atoms with E-state index in [0.29, 0.717) is 80.5 Å². The average molecular weight is 820 g/mol. The van der Waals surface area contributed by atoms with E-state index in [2.05, 4.69) is 21.9 Å². The Balaban J connectivity index is 1.07. The Morgan fingerprint density at radius 1 is 1.03 bits per heavy atom. The highest BCUT2D eigenvalue weighted by Crippen LogP contribution is 2.54. The summed E-state index contributed by atoms with van der Waals surface area (Å²) in [6, 6.07) is 2.88. The fraction of sp³-hybridized carbons (Fsp3) is 0.643. The maximum atomic E-state index is 15.3. The fourth-order valence-electron chi connectivity index (χ4n) is 10.2. The number of allylic oxidation sites excluding steroid dienone is 1. The first-order valence-electron chi connectivity index (χ1n) is 20.9. The third-order valence-corrected chi connectivity index (χ3v) is 16.2. The average Bonchev–Trinajstić information content (AvgIpc) is 4.14. The molecule has 9 rings (SSSR count). The SMILES string of the molecule is C[C@@H]1CC/C=C\[C@@H]2C[C@@]2(C(=O)NS(=O)(=O)C2(C)CC2)NC(=O)[C@@H]2C[C@@H](Oc3nccc4c5c(ccc34)OCCO5)CN2C(=O)[C@@H](N(C(=O)O)C2CC3C[C@H]3C2)[C@H](C)C1. The normalized spacial score (nSPS) is 35.6. The van der Waals surface area contributed by atoms with Crippen LogP contribution in [0.4, 0.5) is 4.79 Å². The van der Waals surface area contributed by atoms with Gasteiger partial charge in [0.05, 0.1) is 11.3 Å². The lowest BCUT2D eigenvalue weighted by Crippen LogP contribution is -2.61. The van der Waals surface area contributed by atoms with Crippen LogP contribution in [0.1, 0.15) is 85.0 Å². The van der Waals surface area contributed by atoms with Crippen LogP contribution >= 0.6 is 0 Å². The molecule has 3 N–H and O–H groups in total. The molecule has 0 bridgehead atoms. The zero-order valence-corrected chi connectivity index (χ0v) is 34.0. The molecule has 3 aliphatic heterocycles. The predicted octanol–water partition coefficient (Wildman–Crippen LogP) is 4.39. The van der Waals surface area contributed by atoms with Crippen molar-refractivity contribution >= 4 is 44.6 Å². The Labute approximate surface area is 338 Å². The van der Waals surface area contributed by atoms with E-state index >= 15 is 4.79 Å². The summed E-state index contributed by atoms with van der Waals surface area (Å²) in [5, 5.41) is 15.1. The van der Waals surface area contributed by atoms with Crippen molar-refractivity contribution in [3.05, 3.63) is 36.5 Å². The van der Waals surface area contributed by atoms with Gasteiger partial charge in [-0.3, -0.25) is 24.0 Å². The number of pyridine rings is 1. The second-order valence-electron chi connectivity index (χ2n) is 18.3. The number of carbonyl (C=O) groups is 4. The number of hydrogen-bond acceptors (Lipinski definition) is 10. The van der Waals surface area contributed by atoms with Gasteiger partial charge in [-0.05, 0) is 107 Å². The molecule has 15 nitrogen and oxygen atoms in total. The number of benzene rings is 1. The van der Waals surface area contributed by atoms with E-state index in [1.165, 1.54) is 9.80 Å². The molecule has 4 aliphatic carbocycles. The number of hydrogen-bond donors (Lipinski definition) is 3. The van der Waals surface area contributed by atoms with Crippen LogP contribution in [0.5, 0.6) is 17.4 Å². The van der Waals surface area contributed by atoms with Crippen molar-refractivity contribution in [1.82, 2.24) is 24.8 Å². The molecular formula is C42H53N5O10S. The highest BCUT2D eigenvalue weighted by atomic mass is 32.2. The number of fused-ring (bicyclic) bond motifs is 6. The van der Waals surface area contributed by atoms with E-state index in [4.69, 9.17) is 14.2 Å². The minimum atomic E-state index is -4.02. The number of carbonyl (C=O) groups excluding carboxylic acids is 3. The van der Waals surface area contributed by atoms with Crippen LogP contribution in [-0.2, 0) is 24.4 Å². The van der Waals surface area contributed by atoms with Gasteiger partial charge in [-0.25, -0.2) is 18.2 Å². The number of sulfonamides is 1. The molecule has 1 aromatic heterocycles. The molecule has 4 amide bonds. The summed E-state index contributed by atoms with van der Waals surface area (Å²) in [6.45, 7) is 6.39. The third-order valence-electron chi connectivity index (χ3n) is 14.0. The molecule has 4 heterocycles. The first kappa shape index (κ1) is 38.9. The number of amides is 4. The number of carboxylic acid groups (broad SMARTS) is 1. The highest BCUT2D eigenvalue weighted by Gasteiger charge is 2.63. The molecule has 0 radical (unpaired) electrons. The molecule has 4 saturated carbocycles. The van der Waals surface area contributed by atoms with Crippen molar-refractivity contribution in [2.75, 3.05) is 19.8 Å². The number of rotatable bonds is 7. The predicted molar refractivity (Wildman–Crippen MR) is 211 cm³/mol. The minimum Gasteiger partial charge on any atom is -0.486 e. The van der Waals surface area contributed by atoms with Gasteiger partial charge in [-0.1, -0.05) is 26.0 Å². The molecule has 312 valence electrons. The number of nitrogens with one attached hydrogen (secondary N) is 2. The monoisotopic (exact) mass is 819 g/mol. The number of aromatic nitrogens is 1. The largest absolute Gasteiger partial charge is 0.486 e. The highest BCUT2D eigenvalue weighted by molar-refractivity contribution is 7.91. The van der Waals surface area contributed by atoms with Crippen LogP contribution in [-0.4, -0.2) is 106 Å². The molecule has 58 heavy (non-hydrogen) atoms. The number of nitrogens with zero attached hydrogens (tertiary/aromatic N) is 3. The summed E-state index contributed by atoms with van der Waals surface area (Å²) < 4.78 is 46.1. The molecule has 1 saturated heterocycles. The summed E-state index contributed by atoms with van der Waals surface area (Å²) in [5.41, 5.74) is -1.55. The second-order valence-corrected chi connectivity index (χ2v) is 20.5. The van der Waals surface area contributed by atoms with Gasteiger partial charge in [-0.15, -0.1) is 0 Å². The molecule has 7 aliphatic rings. The van der Waals surface area contributed by atoms with E-state index in [9.17, 15) is 27.9 Å². The smallest absolute Gasteiger partial charge is 0.408 e. The Morgan fingerprint density at radius 2 is 1.79 bits per heavy atom. The zero-order valence-electron chi connectivity index (χ0n) is 33.2. The third kappa shape index (κ3) is 6.92. The molecule has 5 fully saturated rings. The van der Waals surface area contributed by atoms with Gasteiger partial charge in [0.2, 0.25) is 27.7 Å². The Morgan fingerprint density at radius 3 is 2.53 bits per heavy atom. The molecule has 16 heteroatoms. The molecular weight excluding hydrogens is 767 g/mol. The van der Waals surface area contributed by atoms with Crippen LogP contribution < -0.4 is 24.2 Å². The standard InChI is InChI=1S/C42H53N5O10S/c1-23-6-4-5-7-27-21-42(27,39(50)45-58(53,54)41(3)11-12-41)44-36(48)32-20-29(57-37-31-8-9-33-35(56-15-14-55-33)30(31)10-13-43-37)22-46(32)38(49)34(24(2)16-23)47(40(51)52)28-18-25-17-26(25)19-28/h5,7-10,13,23-29,32,34H,4,6,11-12,14-22H2,1-3H3,(H,44,48)(H,45,50)(H,51,52)/b7-5-/t23-,24-,25+,26?,27-,28?,29-,32+,34+,42-/m1/s1. The topological polar surface area (TPSA) is 194 Å². The van der Waals surface area contributed by atoms with Gasteiger partial charge in [0.25, 0.3) is 5.91 Å². The quantitative estimate of drug-likeness (QED) is 0.336. The number of ether oxygens (including phenoxy) is 3. The summed E-state index contributed by atoms with van der Waals surface area (Å²) in [5.74, 6) is -0.253. The second kappa shape index (κ2) is 14.3. The Hall–Kier alpha value is -4.60. The van der Waals surface area contributed by atoms with E-state index in [1.54, 1.807) is 25.3 Å². The molecule has 10 atom stereocenters. The van der Waals surface area contributed by atoms with Gasteiger partial charge in [0.1, 0.15) is 36.9 Å². The van der Waals surface area contributed by atoms with Gasteiger partial charge >= 0.3 is 6.09 Å². The molecule has 0 spiro atoms. The maximum Gasteiger partial charge on any atom is 0.408 e. The molecule has 2 unspecified atom stereocenters. The van der Waals surface area contributed by atoms with Gasteiger partial charge in [-0.2, -0.15) is 0 Å². The van der Waals surface area contributed by atoms with Crippen molar-refractivity contribution in [2.45, 2.75) is 119 Å². The van der Waals surface area contributed by atoms with Crippen LogP contribution in [0.3, 0.4) is 0 Å². The summed E-state index contributed by atoms with van der Waals surface area (Å²) in [4.78, 5) is 64.6. The summed E-state index contributed by atoms with van der Waals surface area (Å²) >= 11 is 0. The van der Waals surface area contributed by atoms with Crippen LogP contribution in [0.25, 0.3) is 10.8 Å². The Bertz CT molecular complexity index is 2170. The first-order chi connectivity index (χ1) is 27.7. The van der Waals surface area contributed by atoms with Gasteiger partial charge in [0.15, 0.2) is 11.5 Å². The van der Waals surface area contributed by atoms with Crippen molar-refractivity contribution in [1.29, 1.82) is 0 Å². The van der Waals surface area contributed by atoms with E-state index < -0.39 is 68.2 Å². The van der Waals surface area contributed by atoms with Crippen molar-refractivity contribution in [2.24, 2.45) is 29.6 Å². The molecule has 2 aromatic rings. The molecule has 1 aromatic carbocycles. The van der Waals surface area contributed by atoms with E-state index in [-0.39, 0.29) is 43.1 Å². The first-order valence-corrected chi connectivity index (χ1v) is 22.4. The minimum absolute atomic E-state index is 0.0208. The Kier molecular flexibility index (Phi) is 9.59. The fourth-order valence-corrected chi connectivity index (χ4v) is 11.5. The van der Waals surface area contributed by atoms with Gasteiger partial charge in [0, 0.05) is 35.3 Å². The van der Waals surface area contributed by atoms with Crippen LogP contribution in [0, 0.1) is 29.6 Å². The van der Waals surface area contributed by atoms with Crippen molar-refractivity contribution in [3.8, 4) is 17.4 Å². The van der Waals surface area contributed by atoms with E-state index in [0.717, 1.165) is 18.2 Å². The van der Waals surface area contributed by atoms with Crippen molar-refractivity contribution < 1.29 is 46.9 Å².